The van der Waals surface area contributed by atoms with E-state index in [0.29, 0.717) is 19.0 Å². The van der Waals surface area contributed by atoms with Crippen LogP contribution >= 0.6 is 27.7 Å². The number of nitrogens with one attached hydrogen (secondary N) is 1. The van der Waals surface area contributed by atoms with E-state index in [1.165, 1.54) is 0 Å². The summed E-state index contributed by atoms with van der Waals surface area (Å²) in [5, 5.41) is 3.17. The highest BCUT2D eigenvalue weighted by Gasteiger charge is 2.55. The van der Waals surface area contributed by atoms with Crippen molar-refractivity contribution >= 4 is 44.9 Å². The number of halogens is 1. The summed E-state index contributed by atoms with van der Waals surface area (Å²) in [5.74, 6) is 0.477. The first-order valence-electron chi connectivity index (χ1n) is 5.57. The molecule has 18 heavy (non-hydrogen) atoms. The molecule has 2 heterocycles. The number of fused-ring (bicyclic) bond motifs is 2. The summed E-state index contributed by atoms with van der Waals surface area (Å²) in [6.07, 6.45) is 0. The maximum atomic E-state index is 12.6. The quantitative estimate of drug-likeness (QED) is 0.855. The van der Waals surface area contributed by atoms with Crippen LogP contribution in [-0.2, 0) is 15.0 Å². The number of amides is 1. The Bertz CT molecular complexity index is 531. The summed E-state index contributed by atoms with van der Waals surface area (Å²) in [6, 6.07) is 5.82. The predicted molar refractivity (Wildman–Crippen MR) is 75.4 cm³/mol. The van der Waals surface area contributed by atoms with Gasteiger partial charge in [-0.25, -0.2) is 0 Å². The normalized spacial score (nSPS) is 19.8. The number of thioether (sulfide) groups is 1. The Balaban J connectivity index is 2.09. The minimum Gasteiger partial charge on any atom is -0.314 e. The topological polar surface area (TPSA) is 49.4 Å². The number of carbonyl (C=O) groups excluding carboxylic acids is 2. The third-order valence-corrected chi connectivity index (χ3v) is 4.74. The van der Waals surface area contributed by atoms with Gasteiger partial charge in [-0.1, -0.05) is 33.8 Å². The highest BCUT2D eigenvalue weighted by Crippen LogP contribution is 2.47. The van der Waals surface area contributed by atoms with Crippen molar-refractivity contribution in [2.24, 2.45) is 0 Å². The highest BCUT2D eigenvalue weighted by molar-refractivity contribution is 9.10. The fraction of sp³-hybridized carbons (Fsp3) is 0.333. The molecule has 0 aromatic heterocycles. The lowest BCUT2D eigenvalue weighted by molar-refractivity contribution is -0.124. The van der Waals surface area contributed by atoms with Gasteiger partial charge in [-0.05, 0) is 12.1 Å². The smallest absolute Gasteiger partial charge is 0.241 e. The van der Waals surface area contributed by atoms with Crippen molar-refractivity contribution in [1.29, 1.82) is 0 Å². The van der Waals surface area contributed by atoms with Crippen molar-refractivity contribution in [3.8, 4) is 0 Å². The van der Waals surface area contributed by atoms with E-state index < -0.39 is 5.41 Å². The molecule has 4 nitrogen and oxygen atoms in total. The van der Waals surface area contributed by atoms with Crippen molar-refractivity contribution in [1.82, 2.24) is 5.32 Å². The molecule has 2 aliphatic rings. The van der Waals surface area contributed by atoms with Crippen molar-refractivity contribution < 1.29 is 9.59 Å². The number of rotatable bonds is 3. The number of nitrogens with zero attached hydrogens (tertiary/aromatic N) is 1. The lowest BCUT2D eigenvalue weighted by Crippen LogP contribution is -2.62. The number of hydrogen-bond acceptors (Lipinski definition) is 4. The average molecular weight is 327 g/mol. The molecule has 3 rings (SSSR count). The fourth-order valence-corrected chi connectivity index (χ4v) is 3.82. The van der Waals surface area contributed by atoms with Gasteiger partial charge in [-0.2, -0.15) is 0 Å². The number of carbonyl (C=O) groups is 2. The first kappa shape index (κ1) is 12.2. The summed E-state index contributed by atoms with van der Waals surface area (Å²) in [6.45, 7) is 1.34. The van der Waals surface area contributed by atoms with Crippen LogP contribution in [0.1, 0.15) is 5.56 Å². The van der Waals surface area contributed by atoms with Crippen LogP contribution < -0.4 is 10.2 Å². The van der Waals surface area contributed by atoms with Crippen molar-refractivity contribution in [3.63, 3.8) is 0 Å². The van der Waals surface area contributed by atoms with E-state index in [-0.39, 0.29) is 5.91 Å². The molecule has 6 heteroatoms. The molecule has 0 unspecified atom stereocenters. The van der Waals surface area contributed by atoms with Crippen LogP contribution in [0.5, 0.6) is 0 Å². The van der Waals surface area contributed by atoms with Gasteiger partial charge in [0.2, 0.25) is 5.91 Å². The summed E-state index contributed by atoms with van der Waals surface area (Å²) in [5.41, 5.74) is 2.32. The molecule has 0 radical (unpaired) electrons. The van der Waals surface area contributed by atoms with Gasteiger partial charge < -0.3 is 10.2 Å². The second kappa shape index (κ2) is 4.36. The largest absolute Gasteiger partial charge is 0.314 e. The zero-order valence-corrected chi connectivity index (χ0v) is 11.9. The average Bonchev–Trinajstić information content (AvgIpc) is 2.56. The van der Waals surface area contributed by atoms with Gasteiger partial charge in [0, 0.05) is 23.1 Å². The molecule has 1 aromatic rings. The van der Waals surface area contributed by atoms with Gasteiger partial charge in [0.25, 0.3) is 0 Å². The molecule has 0 atom stereocenters. The summed E-state index contributed by atoms with van der Waals surface area (Å²) in [4.78, 5) is 24.8. The van der Waals surface area contributed by atoms with E-state index >= 15 is 0 Å². The molecule has 0 bridgehead atoms. The Morgan fingerprint density at radius 2 is 2.28 bits per heavy atom. The van der Waals surface area contributed by atoms with E-state index in [0.717, 1.165) is 33.1 Å². The molecule has 2 aliphatic heterocycles. The third kappa shape index (κ3) is 1.49. The second-order valence-corrected chi connectivity index (χ2v) is 6.08. The second-order valence-electron chi connectivity index (χ2n) is 4.44. The molecular formula is C12H11BrN2O2S. The van der Waals surface area contributed by atoms with Crippen LogP contribution in [0.2, 0.25) is 0 Å². The predicted octanol–water partition coefficient (Wildman–Crippen LogP) is 1.52. The zero-order valence-electron chi connectivity index (χ0n) is 9.48. The van der Waals surface area contributed by atoms with Gasteiger partial charge in [0.15, 0.2) is 5.62 Å². The monoisotopic (exact) mass is 326 g/mol. The highest BCUT2D eigenvalue weighted by atomic mass is 79.9. The minimum atomic E-state index is -0.432. The van der Waals surface area contributed by atoms with Crippen LogP contribution in [0.3, 0.4) is 0 Å². The minimum absolute atomic E-state index is 0.0949. The SMILES string of the molecule is O=CSCN1C(=O)C2(CNC2)c2c(Br)cccc21. The van der Waals surface area contributed by atoms with E-state index in [1.54, 1.807) is 4.90 Å². The van der Waals surface area contributed by atoms with Gasteiger partial charge >= 0.3 is 0 Å². The molecule has 1 amide bonds. The van der Waals surface area contributed by atoms with Crippen LogP contribution in [0.25, 0.3) is 0 Å². The molecule has 94 valence electrons. The summed E-state index contributed by atoms with van der Waals surface area (Å²) >= 11 is 4.64. The van der Waals surface area contributed by atoms with E-state index in [9.17, 15) is 9.59 Å². The number of anilines is 1. The van der Waals surface area contributed by atoms with Crippen LogP contribution in [0.4, 0.5) is 5.69 Å². The Morgan fingerprint density at radius 3 is 2.89 bits per heavy atom. The third-order valence-electron chi connectivity index (χ3n) is 3.54. The van der Waals surface area contributed by atoms with Gasteiger partial charge in [-0.15, -0.1) is 0 Å². The molecule has 1 spiro atoms. The fourth-order valence-electron chi connectivity index (χ4n) is 2.62. The number of benzene rings is 1. The molecule has 0 aliphatic carbocycles. The molecular weight excluding hydrogens is 316 g/mol. The summed E-state index contributed by atoms with van der Waals surface area (Å²) in [7, 11) is 0. The van der Waals surface area contributed by atoms with E-state index in [1.807, 2.05) is 18.2 Å². The maximum absolute atomic E-state index is 12.6. The van der Waals surface area contributed by atoms with Crippen LogP contribution in [0, 0.1) is 0 Å². The number of hydrogen-bond donors (Lipinski definition) is 1. The van der Waals surface area contributed by atoms with Crippen LogP contribution in [0.15, 0.2) is 22.7 Å². The summed E-state index contributed by atoms with van der Waals surface area (Å²) < 4.78 is 0.966. The molecule has 1 fully saturated rings. The van der Waals surface area contributed by atoms with Crippen molar-refractivity contribution in [3.05, 3.63) is 28.2 Å². The standard InChI is InChI=1S/C12H11BrN2O2S/c13-8-2-1-3-9-10(8)12(4-14-5-12)11(17)15(9)6-18-7-16/h1-3,7,14H,4-6H2. The van der Waals surface area contributed by atoms with E-state index in [2.05, 4.69) is 21.2 Å². The zero-order chi connectivity index (χ0) is 12.8. The maximum Gasteiger partial charge on any atom is 0.241 e. The molecule has 1 saturated heterocycles. The van der Waals surface area contributed by atoms with Crippen molar-refractivity contribution in [2.75, 3.05) is 23.9 Å². The Hall–Kier alpha value is -0.850. The van der Waals surface area contributed by atoms with E-state index in [4.69, 9.17) is 0 Å². The first-order chi connectivity index (χ1) is 8.70. The molecule has 0 saturated carbocycles. The Morgan fingerprint density at radius 1 is 1.50 bits per heavy atom. The van der Waals surface area contributed by atoms with Crippen LogP contribution in [-0.4, -0.2) is 30.5 Å². The van der Waals surface area contributed by atoms with Gasteiger partial charge in [0.05, 0.1) is 11.6 Å². The Labute approximate surface area is 117 Å². The first-order valence-corrected chi connectivity index (χ1v) is 7.42. The van der Waals surface area contributed by atoms with Crippen molar-refractivity contribution in [2.45, 2.75) is 5.41 Å². The van der Waals surface area contributed by atoms with Gasteiger partial charge in [-0.3, -0.25) is 9.59 Å². The lowest BCUT2D eigenvalue weighted by Gasteiger charge is -2.38. The van der Waals surface area contributed by atoms with Gasteiger partial charge in [0.1, 0.15) is 5.41 Å². The molecule has 1 aromatic carbocycles. The molecule has 1 N–H and O–H groups in total. The lowest BCUT2D eigenvalue weighted by atomic mass is 9.76. The Kier molecular flexibility index (Phi) is 2.96.